The van der Waals surface area contributed by atoms with Crippen LogP contribution in [0.1, 0.15) is 75.3 Å². The molecule has 2 aromatic rings. The van der Waals surface area contributed by atoms with Crippen molar-refractivity contribution in [1.82, 2.24) is 0 Å². The first-order valence-electron chi connectivity index (χ1n) is 9.76. The number of benzene rings is 2. The summed E-state index contributed by atoms with van der Waals surface area (Å²) in [7, 11) is 0. The second-order valence-corrected chi connectivity index (χ2v) is 9.09. The van der Waals surface area contributed by atoms with Crippen LogP contribution in [-0.2, 0) is 17.3 Å². The minimum Gasteiger partial charge on any atom is -0.103 e. The second-order valence-electron chi connectivity index (χ2n) is 9.09. The number of hydrogen-bond acceptors (Lipinski definition) is 0. The van der Waals surface area contributed by atoms with Gasteiger partial charge >= 0.3 is 0 Å². The van der Waals surface area contributed by atoms with E-state index >= 15 is 0 Å². The molecule has 0 atom stereocenters. The predicted octanol–water partition coefficient (Wildman–Crippen LogP) is 7.32. The van der Waals surface area contributed by atoms with Crippen molar-refractivity contribution in [3.63, 3.8) is 0 Å². The Morgan fingerprint density at radius 1 is 0.923 bits per heavy atom. The molecule has 1 aliphatic rings. The third kappa shape index (κ3) is 3.70. The van der Waals surface area contributed by atoms with E-state index in [1.54, 1.807) is 0 Å². The van der Waals surface area contributed by atoms with Crippen LogP contribution in [0.3, 0.4) is 0 Å². The van der Waals surface area contributed by atoms with E-state index in [2.05, 4.69) is 89.7 Å². The summed E-state index contributed by atoms with van der Waals surface area (Å²) in [4.78, 5) is 0. The maximum Gasteiger partial charge on any atom is -0.0100 e. The average molecular weight is 345 g/mol. The molecule has 0 saturated heterocycles. The van der Waals surface area contributed by atoms with Gasteiger partial charge in [0, 0.05) is 0 Å². The van der Waals surface area contributed by atoms with E-state index in [4.69, 9.17) is 0 Å². The lowest BCUT2D eigenvalue weighted by Gasteiger charge is -2.42. The Bertz CT molecular complexity index is 829. The molecule has 0 unspecified atom stereocenters. The zero-order valence-corrected chi connectivity index (χ0v) is 17.0. The number of allylic oxidation sites excluding steroid dienone is 2. The molecule has 0 N–H and O–H groups in total. The van der Waals surface area contributed by atoms with Gasteiger partial charge in [-0.1, -0.05) is 82.3 Å². The van der Waals surface area contributed by atoms with Gasteiger partial charge in [-0.15, -0.1) is 6.58 Å². The van der Waals surface area contributed by atoms with Gasteiger partial charge in [0.2, 0.25) is 0 Å². The summed E-state index contributed by atoms with van der Waals surface area (Å²) in [5.41, 5.74) is 8.81. The molecule has 0 saturated carbocycles. The highest BCUT2D eigenvalue weighted by molar-refractivity contribution is 5.80. The predicted molar refractivity (Wildman–Crippen MR) is 116 cm³/mol. The highest BCUT2D eigenvalue weighted by Gasteiger charge is 2.36. The highest BCUT2D eigenvalue weighted by atomic mass is 14.4. The molecular formula is C26H32. The summed E-state index contributed by atoms with van der Waals surface area (Å²) in [5.74, 6) is 0. The molecule has 0 heteroatoms. The van der Waals surface area contributed by atoms with Crippen LogP contribution in [0.5, 0.6) is 0 Å². The van der Waals surface area contributed by atoms with Crippen LogP contribution in [0.15, 0.2) is 55.1 Å². The molecule has 0 spiro atoms. The molecule has 0 bridgehead atoms. The van der Waals surface area contributed by atoms with Gasteiger partial charge < -0.3 is 0 Å². The quantitative estimate of drug-likeness (QED) is 0.402. The normalized spacial score (nSPS) is 18.3. The van der Waals surface area contributed by atoms with E-state index in [0.717, 1.165) is 6.42 Å². The molecule has 26 heavy (non-hydrogen) atoms. The monoisotopic (exact) mass is 344 g/mol. The van der Waals surface area contributed by atoms with E-state index in [0.29, 0.717) is 0 Å². The minimum atomic E-state index is 0.259. The topological polar surface area (TPSA) is 0 Å². The average Bonchev–Trinajstić information content (AvgIpc) is 2.60. The Kier molecular flexibility index (Phi) is 4.97. The maximum atomic E-state index is 3.81. The van der Waals surface area contributed by atoms with Crippen LogP contribution in [0.4, 0.5) is 0 Å². The van der Waals surface area contributed by atoms with Crippen molar-refractivity contribution in [3.8, 4) is 0 Å². The van der Waals surface area contributed by atoms with E-state index < -0.39 is 0 Å². The zero-order valence-electron chi connectivity index (χ0n) is 17.0. The fourth-order valence-corrected chi connectivity index (χ4v) is 4.10. The number of hydrogen-bond donors (Lipinski definition) is 0. The first-order valence-corrected chi connectivity index (χ1v) is 9.76. The van der Waals surface area contributed by atoms with E-state index in [1.165, 1.54) is 46.2 Å². The van der Waals surface area contributed by atoms with E-state index in [9.17, 15) is 0 Å². The van der Waals surface area contributed by atoms with Crippen LogP contribution in [0.25, 0.3) is 11.6 Å². The second kappa shape index (κ2) is 6.91. The lowest BCUT2D eigenvalue weighted by atomic mass is 9.63. The van der Waals surface area contributed by atoms with E-state index in [1.807, 2.05) is 6.08 Å². The van der Waals surface area contributed by atoms with Crippen LogP contribution in [-0.4, -0.2) is 0 Å². The molecule has 2 aromatic carbocycles. The Balaban J connectivity index is 1.95. The van der Waals surface area contributed by atoms with Gasteiger partial charge in [-0.25, -0.2) is 0 Å². The van der Waals surface area contributed by atoms with Gasteiger partial charge in [0.25, 0.3) is 0 Å². The third-order valence-electron chi connectivity index (χ3n) is 6.05. The molecular weight excluding hydrogens is 312 g/mol. The summed E-state index contributed by atoms with van der Waals surface area (Å²) in [6.07, 6.45) is 7.72. The van der Waals surface area contributed by atoms with Gasteiger partial charge in [0.1, 0.15) is 0 Å². The smallest absolute Gasteiger partial charge is 0.0100 e. The number of rotatable bonds is 4. The summed E-state index contributed by atoms with van der Waals surface area (Å²) >= 11 is 0. The van der Waals surface area contributed by atoms with Crippen LogP contribution >= 0.6 is 0 Å². The van der Waals surface area contributed by atoms with Gasteiger partial charge in [0.15, 0.2) is 0 Å². The van der Waals surface area contributed by atoms with Crippen molar-refractivity contribution in [1.29, 1.82) is 0 Å². The maximum absolute atomic E-state index is 3.81. The largest absolute Gasteiger partial charge is 0.103 e. The standard InChI is InChI=1S/C26H32/c1-7-8-20-9-12-22(13-10-20)19(2)17-21-11-14-23-24(18-21)26(5,6)16-15-25(23,3)4/h7,9-14,17-18H,1,8,15-16H2,2-6H3/b19-17+. The Hall–Kier alpha value is -2.08. The SMILES string of the molecule is C=CCc1ccc(/C(C)=C/c2ccc3c(c2)C(C)(C)CCC3(C)C)cc1. The van der Waals surface area contributed by atoms with Gasteiger partial charge in [-0.2, -0.15) is 0 Å². The Labute approximate surface area is 159 Å². The Morgan fingerprint density at radius 3 is 2.15 bits per heavy atom. The molecule has 0 nitrogen and oxygen atoms in total. The van der Waals surface area contributed by atoms with Crippen LogP contribution in [0.2, 0.25) is 0 Å². The van der Waals surface area contributed by atoms with Gasteiger partial charge in [-0.05, 0) is 70.4 Å². The lowest BCUT2D eigenvalue weighted by Crippen LogP contribution is -2.33. The molecule has 136 valence electrons. The van der Waals surface area contributed by atoms with Crippen LogP contribution < -0.4 is 0 Å². The number of fused-ring (bicyclic) bond motifs is 1. The van der Waals surface area contributed by atoms with Crippen molar-refractivity contribution >= 4 is 11.6 Å². The van der Waals surface area contributed by atoms with E-state index in [-0.39, 0.29) is 10.8 Å². The van der Waals surface area contributed by atoms with Crippen molar-refractivity contribution in [3.05, 3.63) is 82.9 Å². The molecule has 0 radical (unpaired) electrons. The fourth-order valence-electron chi connectivity index (χ4n) is 4.10. The molecule has 0 heterocycles. The van der Waals surface area contributed by atoms with Crippen molar-refractivity contribution < 1.29 is 0 Å². The highest BCUT2D eigenvalue weighted by Crippen LogP contribution is 2.46. The van der Waals surface area contributed by atoms with Crippen molar-refractivity contribution in [2.24, 2.45) is 0 Å². The molecule has 3 rings (SSSR count). The molecule has 0 fully saturated rings. The first kappa shape index (κ1) is 18.7. The van der Waals surface area contributed by atoms with Crippen molar-refractivity contribution in [2.45, 2.75) is 64.7 Å². The summed E-state index contributed by atoms with van der Waals surface area (Å²) in [5, 5.41) is 0. The minimum absolute atomic E-state index is 0.259. The van der Waals surface area contributed by atoms with Crippen LogP contribution in [0, 0.1) is 0 Å². The fraction of sp³-hybridized carbons (Fsp3) is 0.385. The Morgan fingerprint density at radius 2 is 1.54 bits per heavy atom. The molecule has 1 aliphatic carbocycles. The zero-order chi connectivity index (χ0) is 18.9. The van der Waals surface area contributed by atoms with Gasteiger partial charge in [0.05, 0.1) is 0 Å². The molecule has 0 amide bonds. The third-order valence-corrected chi connectivity index (χ3v) is 6.05. The summed E-state index contributed by atoms with van der Waals surface area (Å²) in [6, 6.07) is 15.9. The molecule has 0 aliphatic heterocycles. The summed E-state index contributed by atoms with van der Waals surface area (Å²) in [6.45, 7) is 15.6. The van der Waals surface area contributed by atoms with Crippen molar-refractivity contribution in [2.75, 3.05) is 0 Å². The first-order chi connectivity index (χ1) is 12.2. The van der Waals surface area contributed by atoms with Gasteiger partial charge in [-0.3, -0.25) is 0 Å². The summed E-state index contributed by atoms with van der Waals surface area (Å²) < 4.78 is 0. The lowest BCUT2D eigenvalue weighted by molar-refractivity contribution is 0.332. The molecule has 0 aromatic heterocycles.